The van der Waals surface area contributed by atoms with Crippen LogP contribution >= 0.6 is 0 Å². The predicted molar refractivity (Wildman–Crippen MR) is 107 cm³/mol. The van der Waals surface area contributed by atoms with Gasteiger partial charge in [0.1, 0.15) is 9.84 Å². The molecule has 6 nitrogen and oxygen atoms in total. The monoisotopic (exact) mass is 374 g/mol. The highest BCUT2D eigenvalue weighted by Crippen LogP contribution is 2.26. The topological polar surface area (TPSA) is 73.8 Å². The molecule has 1 aliphatic heterocycles. The van der Waals surface area contributed by atoms with Gasteiger partial charge in [-0.2, -0.15) is 0 Å². The van der Waals surface area contributed by atoms with Crippen molar-refractivity contribution in [3.05, 3.63) is 0 Å². The molecule has 0 bridgehead atoms. The van der Waals surface area contributed by atoms with Crippen molar-refractivity contribution in [1.29, 1.82) is 0 Å². The van der Waals surface area contributed by atoms with Crippen LogP contribution in [0.15, 0.2) is 4.99 Å². The average Bonchev–Trinajstić information content (AvgIpc) is 2.47. The van der Waals surface area contributed by atoms with E-state index in [-0.39, 0.29) is 17.3 Å². The predicted octanol–water partition coefficient (Wildman–Crippen LogP) is 1.73. The molecule has 0 spiro atoms. The number of aliphatic imine (C=N–C) groups is 1. The van der Waals surface area contributed by atoms with Gasteiger partial charge in [0, 0.05) is 44.5 Å². The Kier molecular flexibility index (Phi) is 8.19. The summed E-state index contributed by atoms with van der Waals surface area (Å²) in [6, 6.07) is 0.0547. The molecular formula is C18H38N4O2S. The maximum Gasteiger partial charge on any atom is 0.191 e. The Balaban J connectivity index is 2.52. The van der Waals surface area contributed by atoms with E-state index in [4.69, 9.17) is 0 Å². The average molecular weight is 375 g/mol. The van der Waals surface area contributed by atoms with Crippen LogP contribution in [0.2, 0.25) is 0 Å². The number of piperidine rings is 1. The lowest BCUT2D eigenvalue weighted by Gasteiger charge is -2.45. The number of likely N-dealkylation sites (tertiary alicyclic amines) is 1. The van der Waals surface area contributed by atoms with E-state index in [1.165, 1.54) is 12.7 Å². The van der Waals surface area contributed by atoms with Crippen molar-refractivity contribution in [2.75, 3.05) is 38.7 Å². The Bertz CT molecular complexity index is 535. The van der Waals surface area contributed by atoms with Crippen LogP contribution < -0.4 is 10.6 Å². The lowest BCUT2D eigenvalue weighted by Crippen LogP contribution is -2.57. The van der Waals surface area contributed by atoms with E-state index in [1.807, 2.05) is 6.92 Å². The normalized spacial score (nSPS) is 24.8. The lowest BCUT2D eigenvalue weighted by atomic mass is 9.88. The molecular weight excluding hydrogens is 336 g/mol. The lowest BCUT2D eigenvalue weighted by molar-refractivity contribution is 0.0483. The summed E-state index contributed by atoms with van der Waals surface area (Å²) in [7, 11) is -1.18. The number of nitrogens with one attached hydrogen (secondary N) is 2. The second kappa shape index (κ2) is 9.21. The Hall–Kier alpha value is -0.820. The van der Waals surface area contributed by atoms with Crippen molar-refractivity contribution < 1.29 is 8.42 Å². The highest BCUT2D eigenvalue weighted by Gasteiger charge is 2.32. The summed E-state index contributed by atoms with van der Waals surface area (Å²) in [5, 5.41) is 6.70. The van der Waals surface area contributed by atoms with Crippen LogP contribution in [0, 0.1) is 11.8 Å². The van der Waals surface area contributed by atoms with Crippen LogP contribution in [0.3, 0.4) is 0 Å². The van der Waals surface area contributed by atoms with Crippen LogP contribution in [0.5, 0.6) is 0 Å². The zero-order valence-electron chi connectivity index (χ0n) is 17.1. The number of guanidine groups is 1. The van der Waals surface area contributed by atoms with E-state index in [9.17, 15) is 8.42 Å². The fourth-order valence-electron chi connectivity index (χ4n) is 3.46. The van der Waals surface area contributed by atoms with Crippen molar-refractivity contribution in [3.8, 4) is 0 Å². The van der Waals surface area contributed by atoms with Crippen LogP contribution in [0.25, 0.3) is 0 Å². The Morgan fingerprint density at radius 2 is 1.84 bits per heavy atom. The first-order chi connectivity index (χ1) is 11.4. The van der Waals surface area contributed by atoms with Crippen molar-refractivity contribution in [3.63, 3.8) is 0 Å². The highest BCUT2D eigenvalue weighted by molar-refractivity contribution is 7.90. The van der Waals surface area contributed by atoms with Gasteiger partial charge in [-0.1, -0.05) is 13.8 Å². The van der Waals surface area contributed by atoms with E-state index >= 15 is 0 Å². The molecule has 0 aromatic heterocycles. The standard InChI is InChI=1S/C18H38N4O2S/c1-14-10-15(2)12-22(11-14)18(4,5)13-20-17(19-6)21-16(3)8-9-25(7,23)24/h14-16H,8-13H2,1-7H3,(H2,19,20,21). The van der Waals surface area contributed by atoms with Gasteiger partial charge in [0.05, 0.1) is 5.75 Å². The molecule has 148 valence electrons. The number of rotatable bonds is 7. The minimum atomic E-state index is -2.93. The van der Waals surface area contributed by atoms with E-state index in [1.54, 1.807) is 7.05 Å². The third kappa shape index (κ3) is 8.40. The second-order valence-corrected chi connectivity index (χ2v) is 10.8. The van der Waals surface area contributed by atoms with Gasteiger partial charge in [0.15, 0.2) is 5.96 Å². The first-order valence-electron chi connectivity index (χ1n) is 9.33. The van der Waals surface area contributed by atoms with E-state index in [0.717, 1.165) is 37.4 Å². The number of sulfone groups is 1. The Morgan fingerprint density at radius 1 is 1.28 bits per heavy atom. The maximum atomic E-state index is 11.3. The summed E-state index contributed by atoms with van der Waals surface area (Å²) >= 11 is 0. The molecule has 0 radical (unpaired) electrons. The highest BCUT2D eigenvalue weighted by atomic mass is 32.2. The Labute approximate surface area is 154 Å². The molecule has 1 heterocycles. The zero-order chi connectivity index (χ0) is 19.3. The summed E-state index contributed by atoms with van der Waals surface area (Å²) in [6.07, 6.45) is 3.15. The number of hydrogen-bond donors (Lipinski definition) is 2. The van der Waals surface area contributed by atoms with Crippen molar-refractivity contribution in [2.24, 2.45) is 16.8 Å². The molecule has 7 heteroatoms. The van der Waals surface area contributed by atoms with Gasteiger partial charge in [0.2, 0.25) is 0 Å². The molecule has 0 amide bonds. The molecule has 3 unspecified atom stereocenters. The summed E-state index contributed by atoms with van der Waals surface area (Å²) < 4.78 is 22.6. The van der Waals surface area contributed by atoms with Crippen LogP contribution in [0.1, 0.15) is 47.5 Å². The smallest absolute Gasteiger partial charge is 0.191 e. The largest absolute Gasteiger partial charge is 0.355 e. The maximum absolute atomic E-state index is 11.3. The molecule has 1 rings (SSSR count). The minimum absolute atomic E-state index is 0.0382. The molecule has 0 saturated carbocycles. The van der Waals surface area contributed by atoms with Gasteiger partial charge in [0.25, 0.3) is 0 Å². The molecule has 1 aliphatic rings. The number of hydrogen-bond acceptors (Lipinski definition) is 4. The van der Waals surface area contributed by atoms with Crippen molar-refractivity contribution in [1.82, 2.24) is 15.5 Å². The summed E-state index contributed by atoms with van der Waals surface area (Å²) in [5.74, 6) is 2.38. The van der Waals surface area contributed by atoms with Crippen LogP contribution in [-0.2, 0) is 9.84 Å². The second-order valence-electron chi connectivity index (χ2n) is 8.55. The molecule has 0 aliphatic carbocycles. The van der Waals surface area contributed by atoms with Crippen LogP contribution in [-0.4, -0.2) is 69.5 Å². The summed E-state index contributed by atoms with van der Waals surface area (Å²) in [5.41, 5.74) is 0.0382. The zero-order valence-corrected chi connectivity index (χ0v) is 17.9. The van der Waals surface area contributed by atoms with Gasteiger partial charge in [-0.15, -0.1) is 0 Å². The molecule has 0 aromatic carbocycles. The molecule has 1 saturated heterocycles. The van der Waals surface area contributed by atoms with Crippen LogP contribution in [0.4, 0.5) is 0 Å². The fraction of sp³-hybridized carbons (Fsp3) is 0.944. The summed E-state index contributed by atoms with van der Waals surface area (Å²) in [4.78, 5) is 6.85. The molecule has 3 atom stereocenters. The first kappa shape index (κ1) is 22.2. The van der Waals surface area contributed by atoms with Gasteiger partial charge in [-0.05, 0) is 45.4 Å². The first-order valence-corrected chi connectivity index (χ1v) is 11.4. The minimum Gasteiger partial charge on any atom is -0.355 e. The molecule has 25 heavy (non-hydrogen) atoms. The third-order valence-electron chi connectivity index (χ3n) is 4.94. The molecule has 0 aromatic rings. The van der Waals surface area contributed by atoms with Gasteiger partial charge < -0.3 is 10.6 Å². The summed E-state index contributed by atoms with van der Waals surface area (Å²) in [6.45, 7) is 14.2. The molecule has 2 N–H and O–H groups in total. The van der Waals surface area contributed by atoms with Crippen molar-refractivity contribution >= 4 is 15.8 Å². The fourth-order valence-corrected chi connectivity index (χ4v) is 4.24. The molecule has 1 fully saturated rings. The van der Waals surface area contributed by atoms with E-state index in [0.29, 0.717) is 6.42 Å². The van der Waals surface area contributed by atoms with Gasteiger partial charge in [-0.25, -0.2) is 8.42 Å². The third-order valence-corrected chi connectivity index (χ3v) is 5.92. The van der Waals surface area contributed by atoms with E-state index in [2.05, 4.69) is 48.2 Å². The quantitative estimate of drug-likeness (QED) is 0.524. The number of nitrogens with zero attached hydrogens (tertiary/aromatic N) is 2. The van der Waals surface area contributed by atoms with Crippen molar-refractivity contribution in [2.45, 2.75) is 59.0 Å². The SMILES string of the molecule is CN=C(NCC(C)(C)N1CC(C)CC(C)C1)NC(C)CCS(C)(=O)=O. The van der Waals surface area contributed by atoms with Gasteiger partial charge >= 0.3 is 0 Å². The Morgan fingerprint density at radius 3 is 2.32 bits per heavy atom. The van der Waals surface area contributed by atoms with E-state index < -0.39 is 9.84 Å². The van der Waals surface area contributed by atoms with Gasteiger partial charge in [-0.3, -0.25) is 9.89 Å².